The van der Waals surface area contributed by atoms with E-state index in [1.807, 2.05) is 38.7 Å². The molecule has 1 aliphatic heterocycles. The molecule has 3 rings (SSSR count). The van der Waals surface area contributed by atoms with E-state index >= 15 is 0 Å². The van der Waals surface area contributed by atoms with Crippen molar-refractivity contribution in [3.8, 4) is 0 Å². The van der Waals surface area contributed by atoms with E-state index in [1.165, 1.54) is 18.2 Å². The highest BCUT2D eigenvalue weighted by molar-refractivity contribution is 5.71. The minimum atomic E-state index is -4.44. The quantitative estimate of drug-likeness (QED) is 0.304. The minimum absolute atomic E-state index is 0.528. The second-order valence-electron chi connectivity index (χ2n) is 10.0. The Morgan fingerprint density at radius 3 is 2.03 bits per heavy atom. The van der Waals surface area contributed by atoms with Crippen molar-refractivity contribution in [3.63, 3.8) is 0 Å². The van der Waals surface area contributed by atoms with Gasteiger partial charge in [0.1, 0.15) is 0 Å². The van der Waals surface area contributed by atoms with Crippen molar-refractivity contribution >= 4 is 5.69 Å². The number of benzene rings is 2. The van der Waals surface area contributed by atoms with E-state index in [2.05, 4.69) is 6.58 Å². The van der Waals surface area contributed by atoms with Gasteiger partial charge >= 0.3 is 12.4 Å². The normalized spacial score (nSPS) is 17.4. The van der Waals surface area contributed by atoms with Gasteiger partial charge < -0.3 is 4.90 Å². The molecule has 0 atom stereocenters. The summed E-state index contributed by atoms with van der Waals surface area (Å²) in [7, 11) is 1.80. The van der Waals surface area contributed by atoms with Gasteiger partial charge in [0.25, 0.3) is 0 Å². The van der Waals surface area contributed by atoms with Gasteiger partial charge in [0.15, 0.2) is 0 Å². The third-order valence-electron chi connectivity index (χ3n) is 6.95. The second-order valence-corrected chi connectivity index (χ2v) is 10.0. The number of alkyl halides is 6. The van der Waals surface area contributed by atoms with Crippen LogP contribution in [0.4, 0.5) is 32.0 Å². The van der Waals surface area contributed by atoms with Crippen molar-refractivity contribution in [2.24, 2.45) is 0 Å². The van der Waals surface area contributed by atoms with Crippen LogP contribution in [0, 0.1) is 6.92 Å². The highest BCUT2D eigenvalue weighted by Gasteiger charge is 2.41. The van der Waals surface area contributed by atoms with Crippen molar-refractivity contribution in [2.75, 3.05) is 11.9 Å². The summed E-state index contributed by atoms with van der Waals surface area (Å²) in [6.07, 6.45) is -3.58. The average molecular weight is 494 g/mol. The number of rotatable bonds is 4. The zero-order valence-electron chi connectivity index (χ0n) is 20.6. The Balaban J connectivity index is 1.92. The molecular weight excluding hydrogens is 464 g/mol. The molecule has 7 heteroatoms. The Morgan fingerprint density at radius 1 is 0.914 bits per heavy atom. The van der Waals surface area contributed by atoms with Crippen LogP contribution in [0.2, 0.25) is 0 Å². The minimum Gasteiger partial charge on any atom is -0.347 e. The van der Waals surface area contributed by atoms with Crippen LogP contribution in [0.3, 0.4) is 0 Å². The first kappa shape index (κ1) is 26.6. The van der Waals surface area contributed by atoms with Crippen LogP contribution in [-0.4, -0.2) is 7.05 Å². The summed E-state index contributed by atoms with van der Waals surface area (Å²) in [5, 5.41) is 0. The van der Waals surface area contributed by atoms with Crippen LogP contribution in [-0.2, 0) is 23.2 Å². The number of fused-ring (bicyclic) bond motifs is 1. The van der Waals surface area contributed by atoms with Gasteiger partial charge in [-0.2, -0.15) is 26.3 Å². The summed E-state index contributed by atoms with van der Waals surface area (Å²) in [5.41, 5.74) is 1.07. The van der Waals surface area contributed by atoms with Crippen LogP contribution in [0.1, 0.15) is 55.5 Å². The SMILES string of the molecule is C=C(/C=C/C=C1/N(C)c2ccc(C(F)(F)F)cc2C1(C)C)C(C)(C)c1cc(C(F)(F)F)ccc1C. The first-order chi connectivity index (χ1) is 15.9. The van der Waals surface area contributed by atoms with Crippen molar-refractivity contribution in [1.82, 2.24) is 0 Å². The summed E-state index contributed by atoms with van der Waals surface area (Å²) in [6.45, 7) is 13.2. The predicted molar refractivity (Wildman–Crippen MR) is 128 cm³/mol. The maximum Gasteiger partial charge on any atom is 0.416 e. The standard InChI is InChI=1S/C28H29F6N/c1-17-11-12-19(27(29,30)31)15-21(17)25(3,4)18(2)9-8-10-24-26(5,6)22-16-20(28(32,33)34)13-14-23(22)35(24)7/h8-16H,2H2,1,3-7H3/b9-8+,24-10+. The van der Waals surface area contributed by atoms with Gasteiger partial charge in [-0.1, -0.05) is 52.5 Å². The Morgan fingerprint density at radius 2 is 1.46 bits per heavy atom. The Bertz CT molecular complexity index is 1210. The van der Waals surface area contributed by atoms with E-state index in [0.717, 1.165) is 29.5 Å². The second kappa shape index (κ2) is 8.61. The molecule has 0 saturated heterocycles. The molecule has 2 aromatic rings. The summed E-state index contributed by atoms with van der Waals surface area (Å²) < 4.78 is 79.6. The van der Waals surface area contributed by atoms with E-state index < -0.39 is 34.3 Å². The number of nitrogens with zero attached hydrogens (tertiary/aromatic N) is 1. The Hall–Kier alpha value is -2.96. The fraction of sp³-hybridized carbons (Fsp3) is 0.357. The number of likely N-dealkylation sites (N-methyl/N-ethyl adjacent to an activating group) is 1. The zero-order chi connectivity index (χ0) is 26.6. The molecule has 1 nitrogen and oxygen atoms in total. The average Bonchev–Trinajstić information content (AvgIpc) is 2.92. The number of aryl methyl sites for hydroxylation is 1. The Labute approximate surface area is 202 Å². The molecule has 0 fully saturated rings. The number of allylic oxidation sites excluding steroid dienone is 5. The van der Waals surface area contributed by atoms with Crippen LogP contribution in [0.25, 0.3) is 0 Å². The predicted octanol–water partition coefficient (Wildman–Crippen LogP) is 8.73. The third kappa shape index (κ3) is 4.91. The molecule has 1 heterocycles. The monoisotopic (exact) mass is 493 g/mol. The zero-order valence-corrected chi connectivity index (χ0v) is 20.6. The van der Waals surface area contributed by atoms with Gasteiger partial charge in [-0.05, 0) is 65.6 Å². The van der Waals surface area contributed by atoms with E-state index in [-0.39, 0.29) is 0 Å². The first-order valence-electron chi connectivity index (χ1n) is 11.1. The molecule has 0 N–H and O–H groups in total. The molecule has 188 valence electrons. The fourth-order valence-electron chi connectivity index (χ4n) is 4.62. The molecule has 0 aliphatic carbocycles. The fourth-order valence-corrected chi connectivity index (χ4v) is 4.62. The maximum atomic E-state index is 13.3. The molecule has 0 aromatic heterocycles. The van der Waals surface area contributed by atoms with Crippen LogP contribution in [0.5, 0.6) is 0 Å². The molecular formula is C28H29F6N. The van der Waals surface area contributed by atoms with Crippen molar-refractivity contribution < 1.29 is 26.3 Å². The number of hydrogen-bond donors (Lipinski definition) is 0. The molecule has 0 spiro atoms. The van der Waals surface area contributed by atoms with E-state index in [1.54, 1.807) is 26.1 Å². The molecule has 0 radical (unpaired) electrons. The molecule has 1 aliphatic rings. The molecule has 0 bridgehead atoms. The van der Waals surface area contributed by atoms with Gasteiger partial charge in [0.2, 0.25) is 0 Å². The summed E-state index contributed by atoms with van der Waals surface area (Å²) in [6, 6.07) is 7.43. The lowest BCUT2D eigenvalue weighted by atomic mass is 9.75. The molecule has 0 unspecified atom stereocenters. The largest absolute Gasteiger partial charge is 0.416 e. The lowest BCUT2D eigenvalue weighted by molar-refractivity contribution is -0.138. The topological polar surface area (TPSA) is 3.24 Å². The van der Waals surface area contributed by atoms with Gasteiger partial charge in [-0.15, -0.1) is 0 Å². The van der Waals surface area contributed by atoms with Gasteiger partial charge in [-0.25, -0.2) is 0 Å². The lowest BCUT2D eigenvalue weighted by Crippen LogP contribution is -2.23. The number of hydrogen-bond acceptors (Lipinski definition) is 1. The summed E-state index contributed by atoms with van der Waals surface area (Å²) in [4.78, 5) is 1.85. The molecule has 0 amide bonds. The maximum absolute atomic E-state index is 13.3. The molecule has 35 heavy (non-hydrogen) atoms. The van der Waals surface area contributed by atoms with Crippen molar-refractivity contribution in [2.45, 2.75) is 57.8 Å². The smallest absolute Gasteiger partial charge is 0.347 e. The number of halogens is 6. The van der Waals surface area contributed by atoms with Crippen molar-refractivity contribution in [1.29, 1.82) is 0 Å². The van der Waals surface area contributed by atoms with Gasteiger partial charge in [0.05, 0.1) is 11.1 Å². The van der Waals surface area contributed by atoms with E-state index in [4.69, 9.17) is 0 Å². The first-order valence-corrected chi connectivity index (χ1v) is 11.1. The molecule has 0 saturated carbocycles. The molecule has 2 aromatic carbocycles. The summed E-state index contributed by atoms with van der Waals surface area (Å²) in [5.74, 6) is 0. The van der Waals surface area contributed by atoms with Gasteiger partial charge in [-0.3, -0.25) is 0 Å². The van der Waals surface area contributed by atoms with E-state index in [9.17, 15) is 26.3 Å². The van der Waals surface area contributed by atoms with E-state index in [0.29, 0.717) is 22.4 Å². The van der Waals surface area contributed by atoms with Gasteiger partial charge in [0, 0.05) is 29.3 Å². The van der Waals surface area contributed by atoms with Crippen LogP contribution < -0.4 is 4.90 Å². The third-order valence-corrected chi connectivity index (χ3v) is 6.95. The van der Waals surface area contributed by atoms with Crippen molar-refractivity contribution in [3.05, 3.63) is 100 Å². The van der Waals surface area contributed by atoms with Crippen LogP contribution in [0.15, 0.2) is 72.5 Å². The lowest BCUT2D eigenvalue weighted by Gasteiger charge is -2.29. The van der Waals surface area contributed by atoms with Crippen LogP contribution >= 0.6 is 0 Å². The highest BCUT2D eigenvalue weighted by Crippen LogP contribution is 2.48. The Kier molecular flexibility index (Phi) is 6.55. The highest BCUT2D eigenvalue weighted by atomic mass is 19.4. The summed E-state index contributed by atoms with van der Waals surface area (Å²) >= 11 is 0. The number of anilines is 1.